The molecule has 0 saturated carbocycles. The average Bonchev–Trinajstić information content (AvgIpc) is 3.91. The van der Waals surface area contributed by atoms with E-state index in [0.29, 0.717) is 24.5 Å². The van der Waals surface area contributed by atoms with Crippen LogP contribution in [0.2, 0.25) is 0 Å². The number of thiophene rings is 2. The summed E-state index contributed by atoms with van der Waals surface area (Å²) in [6.07, 6.45) is 12.0. The zero-order chi connectivity index (χ0) is 44.7. The molecule has 1 aliphatic rings. The first kappa shape index (κ1) is 44.7. The summed E-state index contributed by atoms with van der Waals surface area (Å²) in [6, 6.07) is 25.7. The maximum absolute atomic E-state index is 13.8. The smallest absolute Gasteiger partial charge is 0.349 e. The molecule has 3 aromatic heterocycles. The molecule has 8 rings (SSSR count). The van der Waals surface area contributed by atoms with Gasteiger partial charge >= 0.3 is 5.97 Å². The molecule has 0 saturated heterocycles. The second-order valence-corrected chi connectivity index (χ2v) is 19.0. The molecule has 0 bridgehead atoms. The molecule has 330 valence electrons. The highest BCUT2D eigenvalue weighted by Crippen LogP contribution is 2.53. The van der Waals surface area contributed by atoms with Gasteiger partial charge in [-0.3, -0.25) is 14.2 Å². The largest absolute Gasteiger partial charge is 0.492 e. The van der Waals surface area contributed by atoms with Gasteiger partial charge in [0.1, 0.15) is 22.2 Å². The van der Waals surface area contributed by atoms with Gasteiger partial charge in [0, 0.05) is 38.4 Å². The van der Waals surface area contributed by atoms with Crippen LogP contribution in [0, 0.1) is 11.3 Å². The summed E-state index contributed by atoms with van der Waals surface area (Å²) in [4.78, 5) is 39.4. The zero-order valence-corrected chi connectivity index (χ0v) is 38.8. The van der Waals surface area contributed by atoms with Crippen LogP contribution in [0.4, 0.5) is 11.4 Å². The standard InChI is InChI=1S/C51H51N3O7S3/c1-4-7-9-13-25-60-45-35(28-42-49(56)54(30-59-31-55)50(64-42)37(29-52)51(57)58)20-23-40-43(45)47-48(62-40)44-41(63-47)24-21-36(46(44)61-26-14-10-8-5-2)33-19-22-39-34(27-33)18-17-32-15-11-12-16-38(32)53(39)6-3/h11-12,15-16,19-24,27-28,31H,4-10,13-14,17-18,25-26,30H2,1-3H3,(H,57,58)/b42-28+,50-37+. The van der Waals surface area contributed by atoms with Crippen molar-refractivity contribution in [1.29, 1.82) is 5.26 Å². The van der Waals surface area contributed by atoms with Crippen molar-refractivity contribution < 1.29 is 28.9 Å². The molecule has 7 aromatic rings. The lowest BCUT2D eigenvalue weighted by Crippen LogP contribution is -2.33. The normalized spacial score (nSPS) is 13.2. The minimum absolute atomic E-state index is 0.112. The molecule has 0 fully saturated rings. The molecule has 1 aliphatic heterocycles. The maximum atomic E-state index is 13.8. The average molecular weight is 914 g/mol. The van der Waals surface area contributed by atoms with Crippen molar-refractivity contribution in [2.45, 2.75) is 91.7 Å². The fraction of sp³-hybridized carbons (Fsp3) is 0.333. The number of fused-ring (bicyclic) bond motifs is 7. The van der Waals surface area contributed by atoms with E-state index in [2.05, 4.69) is 80.3 Å². The second kappa shape index (κ2) is 20.3. The second-order valence-electron chi connectivity index (χ2n) is 15.9. The van der Waals surface area contributed by atoms with E-state index in [1.54, 1.807) is 34.8 Å². The van der Waals surface area contributed by atoms with Crippen LogP contribution in [-0.2, 0) is 33.9 Å². The van der Waals surface area contributed by atoms with Gasteiger partial charge in [0.2, 0.25) is 0 Å². The highest BCUT2D eigenvalue weighted by atomic mass is 32.1. The number of ether oxygens (including phenoxy) is 3. The summed E-state index contributed by atoms with van der Waals surface area (Å²) >= 11 is 4.27. The lowest BCUT2D eigenvalue weighted by molar-refractivity contribution is -0.132. The van der Waals surface area contributed by atoms with E-state index in [9.17, 15) is 24.8 Å². The Morgan fingerprint density at radius 1 is 0.797 bits per heavy atom. The number of carboxylic acids is 1. The van der Waals surface area contributed by atoms with Crippen LogP contribution in [0.25, 0.3) is 52.3 Å². The Hall–Kier alpha value is -5.94. The van der Waals surface area contributed by atoms with E-state index < -0.39 is 23.8 Å². The van der Waals surface area contributed by atoms with E-state index in [-0.39, 0.29) is 15.7 Å². The predicted molar refractivity (Wildman–Crippen MR) is 261 cm³/mol. The van der Waals surface area contributed by atoms with Crippen molar-refractivity contribution >= 4 is 99.0 Å². The number of para-hydroxylation sites is 1. The van der Waals surface area contributed by atoms with Gasteiger partial charge < -0.3 is 24.2 Å². The molecule has 0 atom stereocenters. The number of carbonyl (C=O) groups excluding carboxylic acids is 1. The van der Waals surface area contributed by atoms with Gasteiger partial charge in [0.05, 0.1) is 37.9 Å². The number of benzene rings is 4. The fourth-order valence-corrected chi connectivity index (χ4v) is 12.4. The molecule has 13 heteroatoms. The van der Waals surface area contributed by atoms with Gasteiger partial charge in [0.15, 0.2) is 12.3 Å². The van der Waals surface area contributed by atoms with Gasteiger partial charge in [-0.05, 0) is 97.8 Å². The van der Waals surface area contributed by atoms with Crippen molar-refractivity contribution in [3.8, 4) is 28.7 Å². The number of carbonyl (C=O) groups is 2. The number of rotatable bonds is 19. The van der Waals surface area contributed by atoms with Crippen LogP contribution in [0.3, 0.4) is 0 Å². The van der Waals surface area contributed by atoms with Crippen LogP contribution in [0.1, 0.15) is 88.8 Å². The monoisotopic (exact) mass is 913 g/mol. The quantitative estimate of drug-likeness (QED) is 0.0622. The number of carboxylic acid groups (broad SMARTS) is 1. The van der Waals surface area contributed by atoms with Crippen molar-refractivity contribution in [2.75, 3.05) is 24.7 Å². The molecule has 0 unspecified atom stereocenters. The number of unbranched alkanes of at least 4 members (excludes halogenated alkanes) is 6. The first-order chi connectivity index (χ1) is 31.3. The van der Waals surface area contributed by atoms with Gasteiger partial charge in [-0.25, -0.2) is 4.79 Å². The molecule has 0 amide bonds. The highest BCUT2D eigenvalue weighted by Gasteiger charge is 2.25. The van der Waals surface area contributed by atoms with Crippen molar-refractivity contribution in [3.63, 3.8) is 0 Å². The molecular weight excluding hydrogens is 863 g/mol. The van der Waals surface area contributed by atoms with Crippen LogP contribution in [0.5, 0.6) is 11.5 Å². The highest BCUT2D eigenvalue weighted by molar-refractivity contribution is 7.36. The summed E-state index contributed by atoms with van der Waals surface area (Å²) in [5, 5.41) is 21.5. The minimum atomic E-state index is -1.48. The zero-order valence-electron chi connectivity index (χ0n) is 36.4. The summed E-state index contributed by atoms with van der Waals surface area (Å²) in [5.74, 6) is 0.0350. The van der Waals surface area contributed by atoms with Crippen LogP contribution < -0.4 is 29.1 Å². The van der Waals surface area contributed by atoms with Gasteiger partial charge in [-0.15, -0.1) is 34.0 Å². The first-order valence-electron chi connectivity index (χ1n) is 22.1. The molecule has 0 aliphatic carbocycles. The van der Waals surface area contributed by atoms with Crippen molar-refractivity contribution in [2.24, 2.45) is 0 Å². The van der Waals surface area contributed by atoms with Crippen LogP contribution in [0.15, 0.2) is 71.5 Å². The summed E-state index contributed by atoms with van der Waals surface area (Å²) in [6.45, 7) is 8.18. The number of anilines is 2. The third-order valence-corrected chi connectivity index (χ3v) is 15.4. The Balaban J connectivity index is 1.31. The number of aliphatic carboxylic acids is 1. The Labute approximate surface area is 383 Å². The van der Waals surface area contributed by atoms with Crippen LogP contribution in [-0.4, -0.2) is 41.9 Å². The molecule has 0 spiro atoms. The molecule has 4 heterocycles. The lowest BCUT2D eigenvalue weighted by Gasteiger charge is -2.26. The minimum Gasteiger partial charge on any atom is -0.492 e. The molecule has 0 radical (unpaired) electrons. The lowest BCUT2D eigenvalue weighted by atomic mass is 9.97. The number of hydrogen-bond acceptors (Lipinski definition) is 11. The number of thiazole rings is 1. The van der Waals surface area contributed by atoms with Gasteiger partial charge in [-0.1, -0.05) is 76.6 Å². The fourth-order valence-electron chi connectivity index (χ4n) is 8.64. The number of nitriles is 1. The Morgan fingerprint density at radius 3 is 2.12 bits per heavy atom. The first-order valence-corrected chi connectivity index (χ1v) is 24.6. The maximum Gasteiger partial charge on any atom is 0.349 e. The number of hydrogen-bond donors (Lipinski definition) is 1. The summed E-state index contributed by atoms with van der Waals surface area (Å²) in [7, 11) is 0. The third-order valence-electron chi connectivity index (χ3n) is 11.8. The van der Waals surface area contributed by atoms with E-state index in [0.717, 1.165) is 133 Å². The molecule has 4 aromatic carbocycles. The Kier molecular flexibility index (Phi) is 14.1. The number of aryl methyl sites for hydroxylation is 2. The number of aromatic nitrogens is 1. The summed E-state index contributed by atoms with van der Waals surface area (Å²) in [5.41, 5.74) is 6.82. The van der Waals surface area contributed by atoms with E-state index >= 15 is 0 Å². The van der Waals surface area contributed by atoms with E-state index in [1.807, 2.05) is 12.1 Å². The number of nitrogens with zero attached hydrogens (tertiary/aromatic N) is 3. The molecular formula is C51H51N3O7S3. The SMILES string of the molecule is CCCCCCOc1c(/C=c2/s/c(=C(\C#N)C(=O)O)n(COC=O)c2=O)ccc2sc3c(sc4ccc(-c5ccc6c(c5)CCc5ccccc5N6CC)c(OCCCCCC)c43)c12. The van der Waals surface area contributed by atoms with E-state index in [4.69, 9.17) is 14.2 Å². The topological polar surface area (TPSA) is 131 Å². The van der Waals surface area contributed by atoms with Gasteiger partial charge in [0.25, 0.3) is 12.0 Å². The van der Waals surface area contributed by atoms with Crippen molar-refractivity contribution in [3.05, 3.63) is 103 Å². The van der Waals surface area contributed by atoms with Gasteiger partial charge in [-0.2, -0.15) is 5.26 Å². The molecule has 1 N–H and O–H groups in total. The molecule has 10 nitrogen and oxygen atoms in total. The Morgan fingerprint density at radius 2 is 1.45 bits per heavy atom. The molecule has 64 heavy (non-hydrogen) atoms. The Bertz CT molecular complexity index is 3100. The third kappa shape index (κ3) is 8.79. The van der Waals surface area contributed by atoms with Crippen LogP contribution >= 0.6 is 34.0 Å². The predicted octanol–water partition coefficient (Wildman–Crippen LogP) is 11.1. The van der Waals surface area contributed by atoms with E-state index in [1.165, 1.54) is 22.5 Å². The summed E-state index contributed by atoms with van der Waals surface area (Å²) < 4.78 is 23.9. The van der Waals surface area contributed by atoms with Crippen molar-refractivity contribution in [1.82, 2.24) is 4.57 Å².